The molecule has 1 heterocycles. The normalized spacial score (nSPS) is 15.0. The van der Waals surface area contributed by atoms with Crippen molar-refractivity contribution in [3.05, 3.63) is 90.0 Å². The fourth-order valence-electron chi connectivity index (χ4n) is 4.54. The van der Waals surface area contributed by atoms with Crippen LogP contribution in [0.2, 0.25) is 0 Å². The average Bonchev–Trinajstić information content (AvgIpc) is 2.92. The Morgan fingerprint density at radius 1 is 1.06 bits per heavy atom. The van der Waals surface area contributed by atoms with Gasteiger partial charge in [-0.1, -0.05) is 54.6 Å². The third-order valence-corrected chi connectivity index (χ3v) is 6.51. The molecule has 1 amide bonds. The Labute approximate surface area is 210 Å². The number of likely N-dealkylation sites (tertiary alicyclic amines) is 1. The third kappa shape index (κ3) is 5.41. The zero-order valence-electron chi connectivity index (χ0n) is 20.1. The maximum absolute atomic E-state index is 13.1. The van der Waals surface area contributed by atoms with Gasteiger partial charge in [0, 0.05) is 25.0 Å². The van der Waals surface area contributed by atoms with Gasteiger partial charge in [0.1, 0.15) is 22.8 Å². The number of hydrogen-bond donors (Lipinski definition) is 2. The molecule has 36 heavy (non-hydrogen) atoms. The van der Waals surface area contributed by atoms with Crippen LogP contribution in [0, 0.1) is 11.5 Å². The molecule has 0 radical (unpaired) electrons. The van der Waals surface area contributed by atoms with Crippen LogP contribution in [0.1, 0.15) is 28.8 Å². The van der Waals surface area contributed by atoms with Crippen molar-refractivity contribution in [1.29, 1.82) is 5.26 Å². The maximum Gasteiger partial charge on any atom is 0.308 e. The lowest BCUT2D eigenvalue weighted by molar-refractivity contribution is 0.0924. The van der Waals surface area contributed by atoms with E-state index in [1.165, 1.54) is 13.2 Å². The summed E-state index contributed by atoms with van der Waals surface area (Å²) in [6.45, 7) is 1.53. The number of methoxy groups -OCH3 is 1. The van der Waals surface area contributed by atoms with Crippen LogP contribution in [0.25, 0.3) is 0 Å². The van der Waals surface area contributed by atoms with E-state index in [2.05, 4.69) is 22.4 Å². The van der Waals surface area contributed by atoms with Gasteiger partial charge in [0.2, 0.25) is 6.19 Å². The SMILES string of the molecule is COc1cccc(O)c1C(=O)NCC1(c2ccccc2)CCN(/C(=N\C#N)Oc2ccccc2)CC1. The van der Waals surface area contributed by atoms with Gasteiger partial charge in [-0.15, -0.1) is 4.99 Å². The van der Waals surface area contributed by atoms with Crippen molar-refractivity contribution in [2.45, 2.75) is 18.3 Å². The van der Waals surface area contributed by atoms with E-state index < -0.39 is 5.91 Å². The van der Waals surface area contributed by atoms with Crippen LogP contribution in [-0.4, -0.2) is 48.7 Å². The van der Waals surface area contributed by atoms with Gasteiger partial charge in [-0.25, -0.2) is 0 Å². The summed E-state index contributed by atoms with van der Waals surface area (Å²) in [4.78, 5) is 19.0. The Morgan fingerprint density at radius 3 is 2.36 bits per heavy atom. The Bertz CT molecular complexity index is 1250. The topological polar surface area (TPSA) is 107 Å². The number of piperidine rings is 1. The van der Waals surface area contributed by atoms with Gasteiger partial charge in [-0.05, 0) is 42.7 Å². The van der Waals surface area contributed by atoms with Crippen LogP contribution >= 0.6 is 0 Å². The highest BCUT2D eigenvalue weighted by Gasteiger charge is 2.38. The lowest BCUT2D eigenvalue weighted by atomic mass is 9.72. The van der Waals surface area contributed by atoms with E-state index in [-0.39, 0.29) is 22.7 Å². The number of amides is 1. The first-order valence-corrected chi connectivity index (χ1v) is 11.7. The number of benzene rings is 3. The molecule has 184 valence electrons. The van der Waals surface area contributed by atoms with Crippen LogP contribution in [0.4, 0.5) is 0 Å². The number of nitrogens with one attached hydrogen (secondary N) is 1. The Morgan fingerprint density at radius 2 is 1.72 bits per heavy atom. The van der Waals surface area contributed by atoms with Crippen molar-refractivity contribution in [3.8, 4) is 23.4 Å². The predicted octanol–water partition coefficient (Wildman–Crippen LogP) is 4.08. The minimum Gasteiger partial charge on any atom is -0.507 e. The molecule has 0 unspecified atom stereocenters. The predicted molar refractivity (Wildman–Crippen MR) is 136 cm³/mol. The first-order valence-electron chi connectivity index (χ1n) is 11.7. The minimum atomic E-state index is -0.401. The number of aromatic hydroxyl groups is 1. The van der Waals surface area contributed by atoms with E-state index in [0.29, 0.717) is 44.0 Å². The van der Waals surface area contributed by atoms with Gasteiger partial charge in [0.15, 0.2) is 0 Å². The number of hydrogen-bond acceptors (Lipinski definition) is 6. The van der Waals surface area contributed by atoms with Crippen LogP contribution in [0.15, 0.2) is 83.9 Å². The van der Waals surface area contributed by atoms with Crippen LogP contribution in [-0.2, 0) is 5.41 Å². The highest BCUT2D eigenvalue weighted by Crippen LogP contribution is 2.36. The van der Waals surface area contributed by atoms with E-state index in [1.54, 1.807) is 12.1 Å². The second-order valence-electron chi connectivity index (χ2n) is 8.58. The molecule has 3 aromatic carbocycles. The molecule has 8 nitrogen and oxygen atoms in total. The number of nitriles is 1. The van der Waals surface area contributed by atoms with Gasteiger partial charge >= 0.3 is 6.02 Å². The van der Waals surface area contributed by atoms with Gasteiger partial charge < -0.3 is 24.8 Å². The molecule has 1 saturated heterocycles. The second kappa shape index (κ2) is 11.3. The first-order chi connectivity index (χ1) is 17.6. The van der Waals surface area contributed by atoms with E-state index in [4.69, 9.17) is 9.47 Å². The molecule has 1 fully saturated rings. The molecule has 0 spiro atoms. The van der Waals surface area contributed by atoms with Crippen LogP contribution in [0.5, 0.6) is 17.2 Å². The van der Waals surface area contributed by atoms with Gasteiger partial charge in [-0.3, -0.25) is 4.79 Å². The van der Waals surface area contributed by atoms with E-state index in [9.17, 15) is 15.2 Å². The number of phenolic OH excluding ortho intramolecular Hbond substituents is 1. The molecule has 0 aliphatic carbocycles. The van der Waals surface area contributed by atoms with Crippen molar-refractivity contribution < 1.29 is 19.4 Å². The Balaban J connectivity index is 1.53. The molecule has 1 aliphatic heterocycles. The summed E-state index contributed by atoms with van der Waals surface area (Å²) in [5, 5.41) is 22.5. The molecule has 4 rings (SSSR count). The zero-order chi connectivity index (χ0) is 25.4. The van der Waals surface area contributed by atoms with Crippen LogP contribution in [0.3, 0.4) is 0 Å². The molecular weight excluding hydrogens is 456 g/mol. The molecular formula is C28H28N4O4. The van der Waals surface area contributed by atoms with Crippen molar-refractivity contribution in [1.82, 2.24) is 10.2 Å². The molecule has 0 bridgehead atoms. The number of rotatable bonds is 6. The summed E-state index contributed by atoms with van der Waals surface area (Å²) in [6, 6.07) is 24.3. The second-order valence-corrected chi connectivity index (χ2v) is 8.58. The molecule has 1 aliphatic rings. The van der Waals surface area contributed by atoms with Gasteiger partial charge in [0.05, 0.1) is 7.11 Å². The fourth-order valence-corrected chi connectivity index (χ4v) is 4.54. The summed E-state index contributed by atoms with van der Waals surface area (Å²) >= 11 is 0. The molecule has 8 heteroatoms. The number of aliphatic imine (C=N–C) groups is 1. The van der Waals surface area contributed by atoms with Crippen molar-refractivity contribution in [2.24, 2.45) is 4.99 Å². The molecule has 2 N–H and O–H groups in total. The highest BCUT2D eigenvalue weighted by molar-refractivity contribution is 5.99. The summed E-state index contributed by atoms with van der Waals surface area (Å²) in [5.74, 6) is 0.384. The molecule has 0 atom stereocenters. The Kier molecular flexibility index (Phi) is 7.71. The van der Waals surface area contributed by atoms with Crippen molar-refractivity contribution in [3.63, 3.8) is 0 Å². The first kappa shape index (κ1) is 24.6. The van der Waals surface area contributed by atoms with E-state index >= 15 is 0 Å². The van der Waals surface area contributed by atoms with Crippen molar-refractivity contribution >= 4 is 11.9 Å². The standard InChI is InChI=1S/C28H28N4O4/c1-35-24-14-8-13-23(33)25(24)26(34)30-19-28(21-9-4-2-5-10-21)15-17-32(18-16-28)27(31-20-29)36-22-11-6-3-7-12-22/h2-14,33H,15-19H2,1H3,(H,30,34)/b31-27+. The Hall–Kier alpha value is -4.51. The zero-order valence-corrected chi connectivity index (χ0v) is 20.1. The summed E-state index contributed by atoms with van der Waals surface area (Å²) in [5.41, 5.74) is 0.868. The maximum atomic E-state index is 13.1. The highest BCUT2D eigenvalue weighted by atomic mass is 16.5. The third-order valence-electron chi connectivity index (χ3n) is 6.51. The van der Waals surface area contributed by atoms with Gasteiger partial charge in [-0.2, -0.15) is 5.26 Å². The van der Waals surface area contributed by atoms with Crippen LogP contribution < -0.4 is 14.8 Å². The molecule has 3 aromatic rings. The summed E-state index contributed by atoms with van der Waals surface area (Å²) < 4.78 is 11.2. The van der Waals surface area contributed by atoms with E-state index in [0.717, 1.165) is 5.56 Å². The van der Waals surface area contributed by atoms with Gasteiger partial charge in [0.25, 0.3) is 5.91 Å². The fraction of sp³-hybridized carbons (Fsp3) is 0.250. The van der Waals surface area contributed by atoms with Crippen molar-refractivity contribution in [2.75, 3.05) is 26.7 Å². The number of para-hydroxylation sites is 1. The monoisotopic (exact) mass is 484 g/mol. The smallest absolute Gasteiger partial charge is 0.308 e. The number of amidine groups is 1. The number of carbonyl (C=O) groups excluding carboxylic acids is 1. The largest absolute Gasteiger partial charge is 0.507 e. The molecule has 0 saturated carbocycles. The summed E-state index contributed by atoms with van der Waals surface area (Å²) in [7, 11) is 1.46. The summed E-state index contributed by atoms with van der Waals surface area (Å²) in [6.07, 6.45) is 3.23. The lowest BCUT2D eigenvalue weighted by Crippen LogP contribution is -2.51. The number of ether oxygens (including phenoxy) is 2. The quantitative estimate of drug-likeness (QED) is 0.310. The lowest BCUT2D eigenvalue weighted by Gasteiger charge is -2.42. The number of nitrogens with zero attached hydrogens (tertiary/aromatic N) is 3. The minimum absolute atomic E-state index is 0.111. The van der Waals surface area contributed by atoms with E-state index in [1.807, 2.05) is 59.6 Å². The number of phenols is 1. The molecule has 0 aromatic heterocycles. The average molecular weight is 485 g/mol. The number of carbonyl (C=O) groups is 1.